The summed E-state index contributed by atoms with van der Waals surface area (Å²) in [5.41, 5.74) is 3.98. The first-order valence-electron chi connectivity index (χ1n) is 10.0. The van der Waals surface area contributed by atoms with E-state index in [1.54, 1.807) is 12.1 Å². The van der Waals surface area contributed by atoms with Gasteiger partial charge in [0.15, 0.2) is 0 Å². The second-order valence-corrected chi connectivity index (χ2v) is 8.17. The fourth-order valence-electron chi connectivity index (χ4n) is 3.46. The highest BCUT2D eigenvalue weighted by Crippen LogP contribution is 2.24. The minimum atomic E-state index is -0.245. The second kappa shape index (κ2) is 8.75. The number of nitrogens with zero attached hydrogens (tertiary/aromatic N) is 3. The Morgan fingerprint density at radius 3 is 2.67 bits per heavy atom. The van der Waals surface area contributed by atoms with Gasteiger partial charge >= 0.3 is 0 Å². The van der Waals surface area contributed by atoms with Gasteiger partial charge in [0.25, 0.3) is 5.56 Å². The maximum absolute atomic E-state index is 13.2. The van der Waals surface area contributed by atoms with Crippen LogP contribution >= 0.6 is 11.3 Å². The summed E-state index contributed by atoms with van der Waals surface area (Å²) in [6, 6.07) is 14.3. The van der Waals surface area contributed by atoms with E-state index in [2.05, 4.69) is 22.0 Å². The highest BCUT2D eigenvalue weighted by Gasteiger charge is 2.19. The lowest BCUT2D eigenvalue weighted by Gasteiger charge is -2.02. The molecule has 0 fully saturated rings. The van der Waals surface area contributed by atoms with Gasteiger partial charge < -0.3 is 0 Å². The predicted octanol–water partition coefficient (Wildman–Crippen LogP) is 4.92. The molecule has 0 saturated carbocycles. The van der Waals surface area contributed by atoms with Crippen molar-refractivity contribution in [3.63, 3.8) is 0 Å². The van der Waals surface area contributed by atoms with Gasteiger partial charge in [-0.05, 0) is 49.6 Å². The molecule has 0 radical (unpaired) electrons. The number of para-hydroxylation sites is 1. The van der Waals surface area contributed by atoms with Crippen LogP contribution in [-0.2, 0) is 12.8 Å². The van der Waals surface area contributed by atoms with Crippen LogP contribution in [-0.4, -0.2) is 27.0 Å². The molecule has 0 saturated heterocycles. The monoisotopic (exact) mass is 422 g/mol. The summed E-state index contributed by atoms with van der Waals surface area (Å²) >= 11 is 1.48. The molecule has 4 aromatic rings. The van der Waals surface area contributed by atoms with E-state index in [4.69, 9.17) is 0 Å². The van der Waals surface area contributed by atoms with Crippen LogP contribution in [0.4, 0.5) is 4.39 Å². The molecule has 30 heavy (non-hydrogen) atoms. The van der Waals surface area contributed by atoms with Gasteiger partial charge in [-0.15, -0.1) is 0 Å². The van der Waals surface area contributed by atoms with E-state index < -0.39 is 0 Å². The Labute approximate surface area is 177 Å². The fraction of sp³-hybridized carbons (Fsp3) is 0.261. The molecule has 0 spiro atoms. The van der Waals surface area contributed by atoms with E-state index in [9.17, 15) is 9.18 Å². The number of hydrogen-bond acceptors (Lipinski definition) is 4. The van der Waals surface area contributed by atoms with Crippen LogP contribution in [0.15, 0.2) is 58.3 Å². The van der Waals surface area contributed by atoms with E-state index in [1.165, 1.54) is 28.2 Å². The highest BCUT2D eigenvalue weighted by molar-refractivity contribution is 7.20. The van der Waals surface area contributed by atoms with Crippen LogP contribution in [0, 0.1) is 5.82 Å². The first kappa shape index (κ1) is 20.2. The average Bonchev–Trinajstić information content (AvgIpc) is 3.30. The lowest BCUT2D eigenvalue weighted by molar-refractivity contribution is 0.627. The van der Waals surface area contributed by atoms with E-state index in [1.807, 2.05) is 31.2 Å². The van der Waals surface area contributed by atoms with Crippen LogP contribution < -0.4 is 5.56 Å². The van der Waals surface area contributed by atoms with Gasteiger partial charge in [-0.25, -0.2) is 9.37 Å². The molecule has 2 aromatic heterocycles. The molecule has 154 valence electrons. The first-order valence-corrected chi connectivity index (χ1v) is 10.8. The van der Waals surface area contributed by atoms with Gasteiger partial charge in [-0.1, -0.05) is 48.9 Å². The standard InChI is InChI=1S/C23H23FN4OS/c1-3-6-19-21(15(2)25-14-13-16-9-11-17(24)12-10-16)22(29)28(27-19)23-26-18-7-4-5-8-20(18)30-23/h4-5,7-12,27H,3,6,13-14H2,1-2H3. The molecule has 0 aliphatic heterocycles. The normalized spacial score (nSPS) is 12.0. The molecule has 7 heteroatoms. The van der Waals surface area contributed by atoms with Gasteiger partial charge in [0, 0.05) is 18.0 Å². The number of aromatic amines is 1. The Bertz CT molecular complexity index is 1220. The maximum Gasteiger partial charge on any atom is 0.282 e. The summed E-state index contributed by atoms with van der Waals surface area (Å²) in [5, 5.41) is 3.88. The Morgan fingerprint density at radius 2 is 1.93 bits per heavy atom. The van der Waals surface area contributed by atoms with Gasteiger partial charge in [0.1, 0.15) is 5.82 Å². The number of aliphatic imine (C=N–C) groups is 1. The van der Waals surface area contributed by atoms with Crippen molar-refractivity contribution in [2.75, 3.05) is 6.54 Å². The number of thiazole rings is 1. The minimum absolute atomic E-state index is 0.125. The van der Waals surface area contributed by atoms with Gasteiger partial charge in [-0.2, -0.15) is 4.68 Å². The van der Waals surface area contributed by atoms with Crippen molar-refractivity contribution in [1.29, 1.82) is 0 Å². The van der Waals surface area contributed by atoms with Crippen molar-refractivity contribution in [1.82, 2.24) is 14.8 Å². The average molecular weight is 423 g/mol. The van der Waals surface area contributed by atoms with Crippen molar-refractivity contribution >= 4 is 27.3 Å². The van der Waals surface area contributed by atoms with E-state index in [0.29, 0.717) is 29.4 Å². The topological polar surface area (TPSA) is 63.0 Å². The Morgan fingerprint density at radius 1 is 1.17 bits per heavy atom. The number of H-pyrrole nitrogens is 1. The Kier molecular flexibility index (Phi) is 5.90. The minimum Gasteiger partial charge on any atom is -0.292 e. The van der Waals surface area contributed by atoms with Crippen LogP contribution in [0.25, 0.3) is 15.3 Å². The molecule has 0 amide bonds. The molecule has 0 aliphatic carbocycles. The molecule has 2 aromatic carbocycles. The number of aryl methyl sites for hydroxylation is 1. The summed E-state index contributed by atoms with van der Waals surface area (Å²) in [7, 11) is 0. The summed E-state index contributed by atoms with van der Waals surface area (Å²) in [5.74, 6) is -0.245. The highest BCUT2D eigenvalue weighted by atomic mass is 32.1. The molecule has 0 bridgehead atoms. The molecule has 1 N–H and O–H groups in total. The smallest absolute Gasteiger partial charge is 0.282 e. The zero-order chi connectivity index (χ0) is 21.1. The van der Waals surface area contributed by atoms with Crippen molar-refractivity contribution in [2.24, 2.45) is 4.99 Å². The van der Waals surface area contributed by atoms with Crippen LogP contribution in [0.2, 0.25) is 0 Å². The SMILES string of the molecule is CCCc1[nH]n(-c2nc3ccccc3s2)c(=O)c1C(C)=NCCc1ccc(F)cc1. The van der Waals surface area contributed by atoms with Crippen molar-refractivity contribution in [3.8, 4) is 5.13 Å². The quantitative estimate of drug-likeness (QED) is 0.430. The van der Waals surface area contributed by atoms with Gasteiger partial charge in [0.2, 0.25) is 5.13 Å². The number of nitrogens with one attached hydrogen (secondary N) is 1. The van der Waals surface area contributed by atoms with E-state index in [-0.39, 0.29) is 11.4 Å². The number of halogens is 1. The van der Waals surface area contributed by atoms with Gasteiger partial charge in [0.05, 0.1) is 15.8 Å². The zero-order valence-electron chi connectivity index (χ0n) is 17.0. The fourth-order valence-corrected chi connectivity index (χ4v) is 4.39. The first-order chi connectivity index (χ1) is 14.6. The van der Waals surface area contributed by atoms with Crippen LogP contribution in [0.1, 0.15) is 37.1 Å². The Hall–Kier alpha value is -3.06. The van der Waals surface area contributed by atoms with Crippen LogP contribution in [0.3, 0.4) is 0 Å². The molecule has 0 aliphatic rings. The summed E-state index contributed by atoms with van der Waals surface area (Å²) in [4.78, 5) is 22.5. The number of aromatic nitrogens is 3. The van der Waals surface area contributed by atoms with E-state index in [0.717, 1.165) is 34.3 Å². The van der Waals surface area contributed by atoms with Crippen LogP contribution in [0.5, 0.6) is 0 Å². The predicted molar refractivity (Wildman–Crippen MR) is 121 cm³/mol. The third-order valence-corrected chi connectivity index (χ3v) is 5.99. The third kappa shape index (κ3) is 4.11. The molecule has 2 heterocycles. The molecule has 0 atom stereocenters. The maximum atomic E-state index is 13.2. The summed E-state index contributed by atoms with van der Waals surface area (Å²) in [6.07, 6.45) is 2.36. The zero-order valence-corrected chi connectivity index (χ0v) is 17.8. The largest absolute Gasteiger partial charge is 0.292 e. The summed E-state index contributed by atoms with van der Waals surface area (Å²) in [6.45, 7) is 4.49. The lowest BCUT2D eigenvalue weighted by atomic mass is 10.1. The molecule has 4 rings (SSSR count). The van der Waals surface area contributed by atoms with Crippen molar-refractivity contribution in [3.05, 3.63) is 81.5 Å². The number of fused-ring (bicyclic) bond motifs is 1. The molecule has 5 nitrogen and oxygen atoms in total. The van der Waals surface area contributed by atoms with Gasteiger partial charge in [-0.3, -0.25) is 14.9 Å². The lowest BCUT2D eigenvalue weighted by Crippen LogP contribution is -2.20. The van der Waals surface area contributed by atoms with Crippen molar-refractivity contribution in [2.45, 2.75) is 33.1 Å². The molecular formula is C23H23FN4OS. The van der Waals surface area contributed by atoms with E-state index >= 15 is 0 Å². The molecule has 0 unspecified atom stereocenters. The molecular weight excluding hydrogens is 399 g/mol. The third-order valence-electron chi connectivity index (χ3n) is 4.96. The number of rotatable bonds is 7. The Balaban J connectivity index is 1.64. The number of hydrogen-bond donors (Lipinski definition) is 1. The number of benzene rings is 2. The second-order valence-electron chi connectivity index (χ2n) is 7.16. The summed E-state index contributed by atoms with van der Waals surface area (Å²) < 4.78 is 15.6. The van der Waals surface area contributed by atoms with Crippen molar-refractivity contribution < 1.29 is 4.39 Å².